The van der Waals surface area contributed by atoms with Crippen molar-refractivity contribution in [1.29, 1.82) is 0 Å². The fourth-order valence-electron chi connectivity index (χ4n) is 2.96. The third kappa shape index (κ3) is 4.11. The number of halogens is 1. The molecule has 4 rings (SSSR count). The van der Waals surface area contributed by atoms with Gasteiger partial charge in [-0.1, -0.05) is 29.8 Å². The molecule has 0 spiro atoms. The van der Waals surface area contributed by atoms with E-state index in [1.165, 1.54) is 11.3 Å². The highest BCUT2D eigenvalue weighted by Crippen LogP contribution is 2.41. The minimum Gasteiger partial charge on any atom is -0.349 e. The first-order valence-electron chi connectivity index (χ1n) is 8.59. The van der Waals surface area contributed by atoms with Crippen molar-refractivity contribution in [3.8, 4) is 10.7 Å². The van der Waals surface area contributed by atoms with Crippen molar-refractivity contribution < 1.29 is 4.79 Å². The minimum atomic E-state index is -0.00489. The normalized spacial score (nSPS) is 14.8. The summed E-state index contributed by atoms with van der Waals surface area (Å²) >= 11 is 7.49. The van der Waals surface area contributed by atoms with Crippen LogP contribution in [0.25, 0.3) is 10.7 Å². The number of carbonyl (C=O) groups excluding carboxylic acids is 1. The van der Waals surface area contributed by atoms with Crippen LogP contribution in [0.4, 0.5) is 0 Å². The third-order valence-corrected chi connectivity index (χ3v) is 5.58. The lowest BCUT2D eigenvalue weighted by atomic mass is 10.0. The van der Waals surface area contributed by atoms with Gasteiger partial charge in [0.25, 0.3) is 0 Å². The van der Waals surface area contributed by atoms with E-state index in [-0.39, 0.29) is 18.4 Å². The number of amides is 1. The molecule has 1 fully saturated rings. The van der Waals surface area contributed by atoms with Gasteiger partial charge in [0.2, 0.25) is 5.91 Å². The molecule has 1 unspecified atom stereocenters. The summed E-state index contributed by atoms with van der Waals surface area (Å²) in [7, 11) is 0. The van der Waals surface area contributed by atoms with E-state index in [0.717, 1.165) is 34.8 Å². The third-order valence-electron chi connectivity index (χ3n) is 4.42. The number of aromatic nitrogens is 2. The zero-order valence-electron chi connectivity index (χ0n) is 14.1. The number of thiazole rings is 1. The number of nitrogens with zero attached hydrogens (tertiary/aromatic N) is 2. The summed E-state index contributed by atoms with van der Waals surface area (Å²) in [5.74, 6) is 0.509. The highest BCUT2D eigenvalue weighted by Gasteiger charge is 2.33. The summed E-state index contributed by atoms with van der Waals surface area (Å²) in [6, 6.07) is 13.5. The maximum absolute atomic E-state index is 12.6. The highest BCUT2D eigenvalue weighted by atomic mass is 35.5. The maximum atomic E-state index is 12.6. The zero-order valence-corrected chi connectivity index (χ0v) is 15.6. The van der Waals surface area contributed by atoms with Gasteiger partial charge in [0.05, 0.1) is 23.9 Å². The summed E-state index contributed by atoms with van der Waals surface area (Å²) in [6.45, 7) is 0. The van der Waals surface area contributed by atoms with Crippen LogP contribution in [0.15, 0.2) is 54.0 Å². The summed E-state index contributed by atoms with van der Waals surface area (Å²) in [4.78, 5) is 21.4. The van der Waals surface area contributed by atoms with E-state index in [4.69, 9.17) is 11.6 Å². The van der Waals surface area contributed by atoms with Crippen LogP contribution in [-0.4, -0.2) is 15.9 Å². The molecular formula is C20H18ClN3OS. The van der Waals surface area contributed by atoms with Crippen molar-refractivity contribution >= 4 is 28.8 Å². The van der Waals surface area contributed by atoms with Crippen molar-refractivity contribution in [2.75, 3.05) is 0 Å². The Kier molecular flexibility index (Phi) is 5.00. The van der Waals surface area contributed by atoms with Crippen molar-refractivity contribution in [3.63, 3.8) is 0 Å². The molecule has 6 heteroatoms. The first-order chi connectivity index (χ1) is 12.7. The Labute approximate surface area is 161 Å². The number of benzene rings is 1. The molecule has 1 saturated carbocycles. The molecule has 1 aliphatic carbocycles. The molecule has 1 N–H and O–H groups in total. The fraction of sp³-hybridized carbons (Fsp3) is 0.250. The average molecular weight is 384 g/mol. The second-order valence-corrected chi connectivity index (χ2v) is 7.76. The van der Waals surface area contributed by atoms with Crippen LogP contribution < -0.4 is 5.32 Å². The summed E-state index contributed by atoms with van der Waals surface area (Å²) in [5.41, 5.74) is 2.72. The largest absolute Gasteiger partial charge is 0.349 e. The molecule has 132 valence electrons. The minimum absolute atomic E-state index is 0.00489. The Morgan fingerprint density at radius 1 is 1.23 bits per heavy atom. The molecule has 3 aromatic rings. The van der Waals surface area contributed by atoms with Gasteiger partial charge in [-0.3, -0.25) is 9.78 Å². The monoisotopic (exact) mass is 383 g/mol. The summed E-state index contributed by atoms with van der Waals surface area (Å²) < 4.78 is 0. The predicted octanol–water partition coefficient (Wildman–Crippen LogP) is 4.67. The van der Waals surface area contributed by atoms with Crippen molar-refractivity contribution in [3.05, 3.63) is 70.3 Å². The smallest absolute Gasteiger partial charge is 0.226 e. The van der Waals surface area contributed by atoms with Gasteiger partial charge in [-0.15, -0.1) is 11.3 Å². The second-order valence-electron chi connectivity index (χ2n) is 6.47. The van der Waals surface area contributed by atoms with E-state index in [9.17, 15) is 4.79 Å². The SMILES string of the molecule is O=C(Cc1csc(-c2ccccn2)n1)NC(c1ccc(Cl)cc1)C1CC1. The quantitative estimate of drug-likeness (QED) is 0.673. The number of rotatable bonds is 6. The van der Waals surface area contributed by atoms with Crippen LogP contribution in [0.5, 0.6) is 0 Å². The van der Waals surface area contributed by atoms with Crippen LogP contribution >= 0.6 is 22.9 Å². The Morgan fingerprint density at radius 2 is 2.04 bits per heavy atom. The molecule has 0 aliphatic heterocycles. The average Bonchev–Trinajstić information content (AvgIpc) is 3.40. The molecule has 2 aromatic heterocycles. The first kappa shape index (κ1) is 17.2. The molecule has 0 radical (unpaired) electrons. The fourth-order valence-corrected chi connectivity index (χ4v) is 3.88. The number of nitrogens with one attached hydrogen (secondary N) is 1. The van der Waals surface area contributed by atoms with Crippen molar-refractivity contribution in [2.45, 2.75) is 25.3 Å². The van der Waals surface area contributed by atoms with Gasteiger partial charge in [-0.25, -0.2) is 4.98 Å². The van der Waals surface area contributed by atoms with Gasteiger partial charge in [0.1, 0.15) is 5.01 Å². The number of hydrogen-bond acceptors (Lipinski definition) is 4. The highest BCUT2D eigenvalue weighted by molar-refractivity contribution is 7.13. The molecule has 2 heterocycles. The molecule has 0 saturated heterocycles. The van der Waals surface area contributed by atoms with Crippen molar-refractivity contribution in [1.82, 2.24) is 15.3 Å². The summed E-state index contributed by atoms with van der Waals surface area (Å²) in [5, 5.41) is 6.65. The zero-order chi connectivity index (χ0) is 17.9. The molecule has 1 aliphatic rings. The Hall–Kier alpha value is -2.24. The molecule has 1 atom stereocenters. The molecule has 0 bridgehead atoms. The Bertz CT molecular complexity index is 891. The standard InChI is InChI=1S/C20H18ClN3OS/c21-15-8-6-14(7-9-15)19(13-4-5-13)24-18(25)11-16-12-26-20(23-16)17-3-1-2-10-22-17/h1-3,6-10,12-13,19H,4-5,11H2,(H,24,25). The second kappa shape index (κ2) is 7.56. The van der Waals surface area contributed by atoms with E-state index < -0.39 is 0 Å². The van der Waals surface area contributed by atoms with E-state index in [2.05, 4.69) is 15.3 Å². The molecule has 26 heavy (non-hydrogen) atoms. The molecule has 4 nitrogen and oxygen atoms in total. The predicted molar refractivity (Wildman–Crippen MR) is 104 cm³/mol. The van der Waals surface area contributed by atoms with Crippen LogP contribution in [0.1, 0.15) is 30.1 Å². The van der Waals surface area contributed by atoms with Crippen LogP contribution in [0, 0.1) is 5.92 Å². The van der Waals surface area contributed by atoms with Gasteiger partial charge in [-0.2, -0.15) is 0 Å². The van der Waals surface area contributed by atoms with Crippen LogP contribution in [0.2, 0.25) is 5.02 Å². The van der Waals surface area contributed by atoms with Gasteiger partial charge < -0.3 is 5.32 Å². The Balaban J connectivity index is 1.43. The van der Waals surface area contributed by atoms with Gasteiger partial charge in [0, 0.05) is 16.6 Å². The Morgan fingerprint density at radius 3 is 2.73 bits per heavy atom. The number of hydrogen-bond donors (Lipinski definition) is 1. The molecular weight excluding hydrogens is 366 g/mol. The van der Waals surface area contributed by atoms with E-state index in [1.807, 2.05) is 47.8 Å². The van der Waals surface area contributed by atoms with E-state index >= 15 is 0 Å². The lowest BCUT2D eigenvalue weighted by Crippen LogP contribution is -2.31. The lowest BCUT2D eigenvalue weighted by molar-refractivity contribution is -0.121. The first-order valence-corrected chi connectivity index (χ1v) is 9.85. The van der Waals surface area contributed by atoms with E-state index in [1.54, 1.807) is 6.20 Å². The number of carbonyl (C=O) groups is 1. The van der Waals surface area contributed by atoms with Crippen LogP contribution in [0.3, 0.4) is 0 Å². The van der Waals surface area contributed by atoms with Gasteiger partial charge in [0.15, 0.2) is 0 Å². The van der Waals surface area contributed by atoms with Crippen molar-refractivity contribution in [2.24, 2.45) is 5.92 Å². The van der Waals surface area contributed by atoms with Crippen LogP contribution in [-0.2, 0) is 11.2 Å². The van der Waals surface area contributed by atoms with Gasteiger partial charge in [-0.05, 0) is 48.6 Å². The molecule has 1 amide bonds. The molecule has 1 aromatic carbocycles. The maximum Gasteiger partial charge on any atom is 0.226 e. The van der Waals surface area contributed by atoms with E-state index in [0.29, 0.717) is 10.9 Å². The topological polar surface area (TPSA) is 54.9 Å². The van der Waals surface area contributed by atoms with Gasteiger partial charge >= 0.3 is 0 Å². The number of pyridine rings is 1. The lowest BCUT2D eigenvalue weighted by Gasteiger charge is -2.18. The summed E-state index contributed by atoms with van der Waals surface area (Å²) in [6.07, 6.45) is 4.32.